The van der Waals surface area contributed by atoms with E-state index in [0.29, 0.717) is 35.2 Å². The van der Waals surface area contributed by atoms with Crippen molar-refractivity contribution in [2.45, 2.75) is 6.10 Å². The third-order valence-corrected chi connectivity index (χ3v) is 3.01. The third-order valence-electron chi connectivity index (χ3n) is 3.01. The number of para-hydroxylation sites is 2. The van der Waals surface area contributed by atoms with Crippen LogP contribution in [0, 0.1) is 0 Å². The molecule has 0 saturated carbocycles. The van der Waals surface area contributed by atoms with Gasteiger partial charge in [-0.15, -0.1) is 0 Å². The van der Waals surface area contributed by atoms with Gasteiger partial charge in [0.05, 0.1) is 17.7 Å². The lowest BCUT2D eigenvalue weighted by molar-refractivity contribution is 0.0704. The summed E-state index contributed by atoms with van der Waals surface area (Å²) in [4.78, 5) is 21.9. The second-order valence-corrected chi connectivity index (χ2v) is 4.54. The van der Waals surface area contributed by atoms with Gasteiger partial charge in [0, 0.05) is 0 Å². The van der Waals surface area contributed by atoms with Crippen LogP contribution in [0.2, 0.25) is 0 Å². The lowest BCUT2D eigenvalue weighted by atomic mass is 10.2. The summed E-state index contributed by atoms with van der Waals surface area (Å²) in [5.74, 6) is 0.798. The van der Waals surface area contributed by atoms with Crippen LogP contribution in [0.5, 0.6) is 11.5 Å². The number of benzene rings is 2. The van der Waals surface area contributed by atoms with E-state index in [1.165, 1.54) is 0 Å². The maximum Gasteiger partial charge on any atom is 0.155 e. The summed E-state index contributed by atoms with van der Waals surface area (Å²) in [6, 6.07) is 13.5. The zero-order valence-corrected chi connectivity index (χ0v) is 11.8. The molecule has 2 aromatic carbocycles. The zero-order chi connectivity index (χ0) is 15.8. The van der Waals surface area contributed by atoms with Crippen molar-refractivity contribution in [1.82, 2.24) is 0 Å². The van der Waals surface area contributed by atoms with Gasteiger partial charge in [-0.1, -0.05) is 24.3 Å². The molecule has 114 valence electrons. The molecule has 22 heavy (non-hydrogen) atoms. The summed E-state index contributed by atoms with van der Waals surface area (Å²) in [5, 5.41) is 9.39. The highest BCUT2D eigenvalue weighted by Crippen LogP contribution is 2.19. The lowest BCUT2D eigenvalue weighted by Gasteiger charge is -2.19. The Bertz CT molecular complexity index is 638. The number of rotatable bonds is 8. The fraction of sp³-hybridized carbons (Fsp3) is 0.176. The van der Waals surface area contributed by atoms with Crippen LogP contribution >= 0.6 is 0 Å². The van der Waals surface area contributed by atoms with Crippen molar-refractivity contribution in [3.05, 3.63) is 59.7 Å². The first-order chi connectivity index (χ1) is 10.8. The van der Waals surface area contributed by atoms with Gasteiger partial charge in [-0.05, 0) is 24.3 Å². The number of ether oxygens (including phenoxy) is 2. The van der Waals surface area contributed by atoms with Crippen LogP contribution in [0.4, 0.5) is 0 Å². The monoisotopic (exact) mass is 300 g/mol. The molecular weight excluding hydrogens is 284 g/mol. The van der Waals surface area contributed by atoms with E-state index in [1.54, 1.807) is 48.5 Å². The minimum atomic E-state index is -0.652. The number of aliphatic hydroxyl groups is 1. The molecular formula is C17H16O5. The normalized spacial score (nSPS) is 11.5. The molecule has 1 unspecified atom stereocenters. The number of hydrogen-bond donors (Lipinski definition) is 1. The Morgan fingerprint density at radius 2 is 1.45 bits per heavy atom. The second kappa shape index (κ2) is 7.95. The van der Waals surface area contributed by atoms with Crippen molar-refractivity contribution in [2.75, 3.05) is 13.2 Å². The molecule has 5 nitrogen and oxygen atoms in total. The number of hydrogen-bond acceptors (Lipinski definition) is 5. The van der Waals surface area contributed by atoms with E-state index in [9.17, 15) is 14.7 Å². The minimum absolute atomic E-state index is 0.0501. The summed E-state index contributed by atoms with van der Waals surface area (Å²) in [5.41, 5.74) is 0.821. The fourth-order valence-electron chi connectivity index (χ4n) is 1.88. The molecule has 0 aliphatic carbocycles. The molecule has 2 aromatic rings. The second-order valence-electron chi connectivity index (χ2n) is 4.54. The molecule has 0 bridgehead atoms. The molecule has 0 aliphatic rings. The third kappa shape index (κ3) is 3.93. The highest BCUT2D eigenvalue weighted by Gasteiger charge is 2.13. The first kappa shape index (κ1) is 15.7. The average Bonchev–Trinajstić information content (AvgIpc) is 2.59. The van der Waals surface area contributed by atoms with E-state index in [-0.39, 0.29) is 13.2 Å². The van der Waals surface area contributed by atoms with Gasteiger partial charge >= 0.3 is 0 Å². The number of aldehydes is 2. The highest BCUT2D eigenvalue weighted by atomic mass is 16.5. The van der Waals surface area contributed by atoms with E-state index in [1.807, 2.05) is 0 Å². The summed E-state index contributed by atoms with van der Waals surface area (Å²) in [6.07, 6.45) is 0.735. The molecule has 1 atom stereocenters. The van der Waals surface area contributed by atoms with E-state index in [2.05, 4.69) is 0 Å². The van der Waals surface area contributed by atoms with Gasteiger partial charge in [-0.2, -0.15) is 0 Å². The van der Waals surface area contributed by atoms with E-state index in [4.69, 9.17) is 9.47 Å². The minimum Gasteiger partial charge on any atom is -0.489 e. The number of aliphatic hydroxyl groups excluding tert-OH is 1. The van der Waals surface area contributed by atoms with Gasteiger partial charge in [0.15, 0.2) is 18.7 Å². The molecule has 0 fully saturated rings. The van der Waals surface area contributed by atoms with E-state index < -0.39 is 6.10 Å². The van der Waals surface area contributed by atoms with Gasteiger partial charge in [-0.25, -0.2) is 0 Å². The van der Waals surface area contributed by atoms with Crippen LogP contribution in [-0.4, -0.2) is 37.0 Å². The van der Waals surface area contributed by atoms with Crippen LogP contribution in [0.25, 0.3) is 0 Å². The molecule has 0 radical (unpaired) electrons. The number of carbonyl (C=O) groups is 2. The van der Waals surface area contributed by atoms with Crippen LogP contribution in [0.3, 0.4) is 0 Å². The van der Waals surface area contributed by atoms with Crippen LogP contribution in [-0.2, 0) is 0 Å². The van der Waals surface area contributed by atoms with Crippen LogP contribution < -0.4 is 9.47 Å². The van der Waals surface area contributed by atoms with Crippen molar-refractivity contribution in [2.24, 2.45) is 0 Å². The molecule has 0 saturated heterocycles. The van der Waals surface area contributed by atoms with Crippen molar-refractivity contribution in [3.8, 4) is 11.5 Å². The van der Waals surface area contributed by atoms with Gasteiger partial charge in [0.2, 0.25) is 0 Å². The van der Waals surface area contributed by atoms with Crippen molar-refractivity contribution >= 4 is 12.6 Å². The number of carbonyl (C=O) groups excluding carboxylic acids is 2. The lowest BCUT2D eigenvalue weighted by Crippen LogP contribution is -2.29. The Balaban J connectivity index is 2.03. The predicted molar refractivity (Wildman–Crippen MR) is 80.7 cm³/mol. The largest absolute Gasteiger partial charge is 0.489 e. The fourth-order valence-corrected chi connectivity index (χ4v) is 1.88. The molecule has 1 N–H and O–H groups in total. The van der Waals surface area contributed by atoms with Gasteiger partial charge in [0.1, 0.15) is 18.1 Å². The smallest absolute Gasteiger partial charge is 0.155 e. The van der Waals surface area contributed by atoms with Gasteiger partial charge < -0.3 is 14.6 Å². The molecule has 0 aromatic heterocycles. The Hall–Kier alpha value is -2.66. The maximum atomic E-state index is 10.9. The topological polar surface area (TPSA) is 72.8 Å². The van der Waals surface area contributed by atoms with Crippen LogP contribution in [0.15, 0.2) is 48.5 Å². The van der Waals surface area contributed by atoms with Crippen LogP contribution in [0.1, 0.15) is 20.7 Å². The molecule has 0 heterocycles. The average molecular weight is 300 g/mol. The van der Waals surface area contributed by atoms with E-state index >= 15 is 0 Å². The summed E-state index contributed by atoms with van der Waals surface area (Å²) >= 11 is 0. The Kier molecular flexibility index (Phi) is 5.68. The molecule has 0 spiro atoms. The van der Waals surface area contributed by atoms with Crippen molar-refractivity contribution in [1.29, 1.82) is 0 Å². The van der Waals surface area contributed by atoms with Gasteiger partial charge in [0.25, 0.3) is 0 Å². The summed E-state index contributed by atoms with van der Waals surface area (Å²) < 4.78 is 11.1. The Labute approximate surface area is 128 Å². The maximum absolute atomic E-state index is 10.9. The Morgan fingerprint density at radius 3 is 2.05 bits per heavy atom. The summed E-state index contributed by atoms with van der Waals surface area (Å²) in [7, 11) is 0. The highest BCUT2D eigenvalue weighted by molar-refractivity contribution is 5.79. The quantitative estimate of drug-likeness (QED) is 0.756. The first-order valence-electron chi connectivity index (χ1n) is 6.77. The Morgan fingerprint density at radius 1 is 0.909 bits per heavy atom. The zero-order valence-electron chi connectivity index (χ0n) is 11.8. The molecule has 5 heteroatoms. The predicted octanol–water partition coefficient (Wildman–Crippen LogP) is 2.13. The van der Waals surface area contributed by atoms with E-state index in [0.717, 1.165) is 0 Å². The van der Waals surface area contributed by atoms with Crippen molar-refractivity contribution in [3.63, 3.8) is 0 Å². The standard InChI is InChI=1S/C17H16O5/c18-9-13-5-1-3-7-16(13)21-12-15(11-20)22-17-8-4-2-6-14(17)10-19/h1-10,15,20H,11-12H2. The SMILES string of the molecule is O=Cc1ccccc1OCC(CO)Oc1ccccc1C=O. The molecule has 2 rings (SSSR count). The first-order valence-corrected chi connectivity index (χ1v) is 6.77. The molecule has 0 amide bonds. The van der Waals surface area contributed by atoms with Gasteiger partial charge in [-0.3, -0.25) is 9.59 Å². The molecule has 0 aliphatic heterocycles. The summed E-state index contributed by atoms with van der Waals surface area (Å²) in [6.45, 7) is -0.231. The van der Waals surface area contributed by atoms with Crippen molar-refractivity contribution < 1.29 is 24.2 Å².